The van der Waals surface area contributed by atoms with E-state index in [9.17, 15) is 9.59 Å². The number of hydrogen-bond donors (Lipinski definition) is 0. The van der Waals surface area contributed by atoms with E-state index in [0.717, 1.165) is 18.1 Å². The Balaban J connectivity index is 4.42. The predicted molar refractivity (Wildman–Crippen MR) is 65.2 cm³/mol. The number of rotatable bonds is 8. The van der Waals surface area contributed by atoms with Gasteiger partial charge in [0.2, 0.25) is 0 Å². The van der Waals surface area contributed by atoms with Gasteiger partial charge in [-0.2, -0.15) is 0 Å². The van der Waals surface area contributed by atoms with E-state index < -0.39 is 14.1 Å². The van der Waals surface area contributed by atoms with Crippen LogP contribution in [0.2, 0.25) is 5.28 Å². The van der Waals surface area contributed by atoms with E-state index >= 15 is 0 Å². The summed E-state index contributed by atoms with van der Waals surface area (Å²) >= 11 is -1.79. The Labute approximate surface area is 97.8 Å². The zero-order valence-corrected chi connectivity index (χ0v) is 11.7. The Kier molecular flexibility index (Phi) is 8.01. The molecule has 3 heteroatoms. The molecule has 0 radical (unpaired) electrons. The van der Waals surface area contributed by atoms with Gasteiger partial charge in [0.25, 0.3) is 0 Å². The minimum absolute atomic E-state index is 0.282. The van der Waals surface area contributed by atoms with Crippen LogP contribution in [0.3, 0.4) is 0 Å². The summed E-state index contributed by atoms with van der Waals surface area (Å²) in [6, 6.07) is 0. The first kappa shape index (κ1) is 14.9. The molecule has 0 bridgehead atoms. The van der Waals surface area contributed by atoms with Crippen LogP contribution in [0.15, 0.2) is 0 Å². The minimum Gasteiger partial charge on any atom is -0.320 e. The monoisotopic (exact) mass is 226 g/mol. The molecule has 0 amide bonds. The molecule has 2 nitrogen and oxygen atoms in total. The van der Waals surface area contributed by atoms with Crippen LogP contribution in [-0.4, -0.2) is 23.4 Å². The van der Waals surface area contributed by atoms with Gasteiger partial charge < -0.3 is 9.59 Å². The summed E-state index contributed by atoms with van der Waals surface area (Å²) in [7, 11) is 0. The van der Waals surface area contributed by atoms with E-state index in [1.807, 2.05) is 13.8 Å². The van der Waals surface area contributed by atoms with E-state index in [4.69, 9.17) is 0 Å². The molecule has 0 spiro atoms. The summed E-state index contributed by atoms with van der Waals surface area (Å²) in [5.74, 6) is 0.475. The average Bonchev–Trinajstić information content (AvgIpc) is 2.14. The van der Waals surface area contributed by atoms with Gasteiger partial charge in [0, 0.05) is 0 Å². The number of carbonyl (C=O) groups is 2. The van der Waals surface area contributed by atoms with Gasteiger partial charge in [-0.25, -0.2) is 0 Å². The maximum Gasteiger partial charge on any atom is 0.461 e. The molecule has 0 rings (SSSR count). The third-order valence-electron chi connectivity index (χ3n) is 2.48. The SMILES string of the molecule is CCC[C](=O)[Al]([CH2]C(C)C)[C](=O)CCC. The van der Waals surface area contributed by atoms with Gasteiger partial charge in [-0.3, -0.25) is 0 Å². The van der Waals surface area contributed by atoms with Crippen molar-refractivity contribution in [2.24, 2.45) is 5.92 Å². The van der Waals surface area contributed by atoms with Crippen molar-refractivity contribution in [2.75, 3.05) is 0 Å². The fourth-order valence-electron chi connectivity index (χ4n) is 1.76. The second-order valence-corrected chi connectivity index (χ2v) is 7.48. The highest BCUT2D eigenvalue weighted by Crippen LogP contribution is 2.11. The molecule has 15 heavy (non-hydrogen) atoms. The molecule has 86 valence electrons. The van der Waals surface area contributed by atoms with Crippen molar-refractivity contribution < 1.29 is 9.59 Å². The molecular weight excluding hydrogens is 203 g/mol. The van der Waals surface area contributed by atoms with Gasteiger partial charge in [-0.15, -0.1) is 0 Å². The summed E-state index contributed by atoms with van der Waals surface area (Å²) < 4.78 is 0.564. The molecule has 0 aliphatic carbocycles. The van der Waals surface area contributed by atoms with Crippen LogP contribution in [0.1, 0.15) is 53.4 Å². The molecule has 0 fully saturated rings. The normalized spacial score (nSPS) is 10.5. The van der Waals surface area contributed by atoms with Gasteiger partial charge in [0.1, 0.15) is 0 Å². The van der Waals surface area contributed by atoms with E-state index in [1.165, 1.54) is 0 Å². The maximum atomic E-state index is 11.8. The largest absolute Gasteiger partial charge is 0.461 e. The molecule has 0 heterocycles. The van der Waals surface area contributed by atoms with Crippen molar-refractivity contribution in [3.63, 3.8) is 0 Å². The minimum atomic E-state index is -1.79. The Hall–Kier alpha value is -0.128. The van der Waals surface area contributed by atoms with Gasteiger partial charge in [-0.05, 0) is 12.8 Å². The fourth-order valence-corrected chi connectivity index (χ4v) is 4.86. The zero-order chi connectivity index (χ0) is 11.8. The molecule has 0 aliphatic heterocycles. The molecule has 0 aromatic rings. The first-order chi connectivity index (χ1) is 7.02. The van der Waals surface area contributed by atoms with Crippen molar-refractivity contribution in [2.45, 2.75) is 58.7 Å². The lowest BCUT2D eigenvalue weighted by molar-refractivity contribution is -0.115. The highest BCUT2D eigenvalue weighted by molar-refractivity contribution is 7.11. The molecule has 0 aromatic heterocycles. The fraction of sp³-hybridized carbons (Fsp3) is 0.833. The average molecular weight is 226 g/mol. The van der Waals surface area contributed by atoms with E-state index in [0.29, 0.717) is 18.8 Å². The van der Waals surface area contributed by atoms with Crippen LogP contribution in [0.4, 0.5) is 0 Å². The van der Waals surface area contributed by atoms with Crippen molar-refractivity contribution in [3.8, 4) is 0 Å². The molecule has 0 N–H and O–H groups in total. The van der Waals surface area contributed by atoms with Crippen molar-refractivity contribution in [3.05, 3.63) is 0 Å². The highest BCUT2D eigenvalue weighted by atomic mass is 27.2. The van der Waals surface area contributed by atoms with Gasteiger partial charge in [0.15, 0.2) is 0 Å². The molecule has 0 aliphatic rings. The number of hydrogen-bond acceptors (Lipinski definition) is 2. The quantitative estimate of drug-likeness (QED) is 0.596. The molecule has 0 saturated carbocycles. The summed E-state index contributed by atoms with van der Waals surface area (Å²) in [6.07, 6.45) is 2.97. The first-order valence-corrected chi connectivity index (χ1v) is 8.05. The van der Waals surface area contributed by atoms with E-state index in [2.05, 4.69) is 13.8 Å². The Morgan fingerprint density at radius 1 is 1.00 bits per heavy atom. The van der Waals surface area contributed by atoms with Crippen LogP contribution in [0, 0.1) is 5.92 Å². The second kappa shape index (κ2) is 8.07. The van der Waals surface area contributed by atoms with Crippen LogP contribution in [0.25, 0.3) is 0 Å². The zero-order valence-electron chi connectivity index (χ0n) is 10.5. The topological polar surface area (TPSA) is 34.1 Å². The van der Waals surface area contributed by atoms with Crippen LogP contribution in [-0.2, 0) is 9.59 Å². The van der Waals surface area contributed by atoms with Crippen LogP contribution >= 0.6 is 0 Å². The van der Waals surface area contributed by atoms with Crippen molar-refractivity contribution >= 4 is 23.4 Å². The summed E-state index contributed by atoms with van der Waals surface area (Å²) in [5, 5.41) is 0.859. The maximum absolute atomic E-state index is 11.8. The van der Waals surface area contributed by atoms with Crippen molar-refractivity contribution in [1.82, 2.24) is 0 Å². The second-order valence-electron chi connectivity index (χ2n) is 4.61. The van der Waals surface area contributed by atoms with E-state index in [1.54, 1.807) is 0 Å². The van der Waals surface area contributed by atoms with Crippen molar-refractivity contribution in [1.29, 1.82) is 0 Å². The van der Waals surface area contributed by atoms with Gasteiger partial charge >= 0.3 is 14.1 Å². The third-order valence-corrected chi connectivity index (χ3v) is 6.02. The first-order valence-electron chi connectivity index (χ1n) is 6.08. The molecule has 0 aromatic carbocycles. The molecule has 0 unspecified atom stereocenters. The Morgan fingerprint density at radius 3 is 1.67 bits per heavy atom. The van der Waals surface area contributed by atoms with Crippen LogP contribution in [0.5, 0.6) is 0 Å². The molecule has 0 atom stereocenters. The third kappa shape index (κ3) is 6.12. The standard InChI is InChI=1S/2C4H7O.C4H9.Al/c2*1-2-3-4-5;1-4(2)3;/h2*2-3H2,1H3;4H,1H2,2-3H3;. The van der Waals surface area contributed by atoms with Gasteiger partial charge in [-0.1, -0.05) is 51.7 Å². The highest BCUT2D eigenvalue weighted by Gasteiger charge is 2.34. The van der Waals surface area contributed by atoms with Crippen LogP contribution < -0.4 is 0 Å². The predicted octanol–water partition coefficient (Wildman–Crippen LogP) is 2.95. The Morgan fingerprint density at radius 2 is 1.40 bits per heavy atom. The smallest absolute Gasteiger partial charge is 0.320 e. The number of carbonyl (C=O) groups excluding carboxylic acids is 2. The summed E-state index contributed by atoms with van der Waals surface area (Å²) in [5.41, 5.74) is 0. The van der Waals surface area contributed by atoms with E-state index in [-0.39, 0.29) is 9.29 Å². The lowest BCUT2D eigenvalue weighted by Gasteiger charge is -2.11. The van der Waals surface area contributed by atoms with Gasteiger partial charge in [0.05, 0.1) is 9.29 Å². The lowest BCUT2D eigenvalue weighted by Crippen LogP contribution is -2.36. The Bertz CT molecular complexity index is 194. The molecular formula is C12H23AlO2. The summed E-state index contributed by atoms with van der Waals surface area (Å²) in [6.45, 7) is 8.20. The lowest BCUT2D eigenvalue weighted by atomic mass is 10.3. The summed E-state index contributed by atoms with van der Waals surface area (Å²) in [4.78, 5) is 23.7. The molecule has 0 saturated heterocycles.